The molecule has 5 heteroatoms. The van der Waals surface area contributed by atoms with Gasteiger partial charge in [0.15, 0.2) is 0 Å². The van der Waals surface area contributed by atoms with E-state index in [1.807, 2.05) is 36.6 Å². The number of benzene rings is 1. The van der Waals surface area contributed by atoms with E-state index in [9.17, 15) is 4.79 Å². The largest absolute Gasteiger partial charge is 0.466 e. The van der Waals surface area contributed by atoms with Crippen molar-refractivity contribution in [2.75, 3.05) is 13.7 Å². The van der Waals surface area contributed by atoms with Gasteiger partial charge in [-0.25, -0.2) is 4.98 Å². The number of aromatic nitrogens is 1. The molecule has 0 bridgehead atoms. The van der Waals surface area contributed by atoms with E-state index in [-0.39, 0.29) is 5.97 Å². The van der Waals surface area contributed by atoms with Crippen molar-refractivity contribution in [3.8, 4) is 10.6 Å². The molecule has 0 amide bonds. The van der Waals surface area contributed by atoms with Gasteiger partial charge in [-0.1, -0.05) is 24.3 Å². The van der Waals surface area contributed by atoms with Gasteiger partial charge in [0.2, 0.25) is 0 Å². The zero-order chi connectivity index (χ0) is 15.1. The molecular formula is C16H19NO3S. The summed E-state index contributed by atoms with van der Waals surface area (Å²) in [5.74, 6) is -0.170. The SMILES string of the molecule is CCOC(=O)CCc1csc(-c2ccc(COC)cc2)n1. The average molecular weight is 305 g/mol. The topological polar surface area (TPSA) is 48.4 Å². The fraction of sp³-hybridized carbons (Fsp3) is 0.375. The number of nitrogens with zero attached hydrogens (tertiary/aromatic N) is 1. The van der Waals surface area contributed by atoms with Crippen molar-refractivity contribution in [2.45, 2.75) is 26.4 Å². The Kier molecular flexibility index (Phi) is 5.90. The van der Waals surface area contributed by atoms with Gasteiger partial charge >= 0.3 is 5.97 Å². The number of carbonyl (C=O) groups is 1. The maximum Gasteiger partial charge on any atom is 0.306 e. The molecule has 1 aromatic heterocycles. The molecule has 21 heavy (non-hydrogen) atoms. The summed E-state index contributed by atoms with van der Waals surface area (Å²) >= 11 is 1.59. The summed E-state index contributed by atoms with van der Waals surface area (Å²) in [5.41, 5.74) is 3.16. The van der Waals surface area contributed by atoms with E-state index in [0.717, 1.165) is 21.8 Å². The second kappa shape index (κ2) is 7.90. The van der Waals surface area contributed by atoms with Gasteiger partial charge < -0.3 is 9.47 Å². The molecular weight excluding hydrogens is 286 g/mol. The highest BCUT2D eigenvalue weighted by atomic mass is 32.1. The predicted molar refractivity (Wildman–Crippen MR) is 83.2 cm³/mol. The maximum absolute atomic E-state index is 11.3. The van der Waals surface area contributed by atoms with Crippen LogP contribution in [0.25, 0.3) is 10.6 Å². The van der Waals surface area contributed by atoms with Crippen molar-refractivity contribution in [3.05, 3.63) is 40.9 Å². The number of thiazole rings is 1. The van der Waals surface area contributed by atoms with Crippen LogP contribution in [0.1, 0.15) is 24.6 Å². The quantitative estimate of drug-likeness (QED) is 0.735. The zero-order valence-electron chi connectivity index (χ0n) is 12.3. The first-order chi connectivity index (χ1) is 10.2. The highest BCUT2D eigenvalue weighted by molar-refractivity contribution is 7.13. The van der Waals surface area contributed by atoms with Crippen molar-refractivity contribution >= 4 is 17.3 Å². The van der Waals surface area contributed by atoms with Crippen molar-refractivity contribution in [2.24, 2.45) is 0 Å². The van der Waals surface area contributed by atoms with E-state index < -0.39 is 0 Å². The van der Waals surface area contributed by atoms with Crippen LogP contribution in [0.3, 0.4) is 0 Å². The fourth-order valence-corrected chi connectivity index (χ4v) is 2.79. The number of hydrogen-bond donors (Lipinski definition) is 0. The molecule has 0 spiro atoms. The number of carbonyl (C=O) groups excluding carboxylic acids is 1. The number of methoxy groups -OCH3 is 1. The van der Waals surface area contributed by atoms with Crippen molar-refractivity contribution < 1.29 is 14.3 Å². The lowest BCUT2D eigenvalue weighted by atomic mass is 10.1. The maximum atomic E-state index is 11.3. The van der Waals surface area contributed by atoms with Gasteiger partial charge in [0.25, 0.3) is 0 Å². The third kappa shape index (κ3) is 4.65. The first kappa shape index (κ1) is 15.7. The van der Waals surface area contributed by atoms with Crippen LogP contribution < -0.4 is 0 Å². The lowest BCUT2D eigenvalue weighted by Crippen LogP contribution is -2.05. The van der Waals surface area contributed by atoms with E-state index in [4.69, 9.17) is 9.47 Å². The van der Waals surface area contributed by atoms with Crippen LogP contribution in [0, 0.1) is 0 Å². The minimum Gasteiger partial charge on any atom is -0.466 e. The molecule has 1 aromatic carbocycles. The molecule has 0 N–H and O–H groups in total. The van der Waals surface area contributed by atoms with Crippen LogP contribution in [0.4, 0.5) is 0 Å². The van der Waals surface area contributed by atoms with E-state index >= 15 is 0 Å². The van der Waals surface area contributed by atoms with E-state index in [1.165, 1.54) is 0 Å². The molecule has 0 saturated carbocycles. The second-order valence-electron chi connectivity index (χ2n) is 4.58. The van der Waals surface area contributed by atoms with Crippen molar-refractivity contribution in [3.63, 3.8) is 0 Å². The number of ether oxygens (including phenoxy) is 2. The molecule has 2 aromatic rings. The number of rotatable bonds is 7. The highest BCUT2D eigenvalue weighted by Crippen LogP contribution is 2.24. The smallest absolute Gasteiger partial charge is 0.306 e. The van der Waals surface area contributed by atoms with Gasteiger partial charge in [-0.05, 0) is 12.5 Å². The molecule has 4 nitrogen and oxygen atoms in total. The van der Waals surface area contributed by atoms with Gasteiger partial charge in [0.1, 0.15) is 5.01 Å². The molecule has 0 unspecified atom stereocenters. The number of hydrogen-bond acceptors (Lipinski definition) is 5. The third-order valence-corrected chi connectivity index (χ3v) is 3.89. The first-order valence-corrected chi connectivity index (χ1v) is 7.79. The van der Waals surface area contributed by atoms with E-state index in [0.29, 0.717) is 26.1 Å². The standard InChI is InChI=1S/C16H19NO3S/c1-3-20-15(18)9-8-14-11-21-16(17-14)13-6-4-12(5-7-13)10-19-2/h4-7,11H,3,8-10H2,1-2H3. The van der Waals surface area contributed by atoms with Crippen molar-refractivity contribution in [1.82, 2.24) is 4.98 Å². The minimum atomic E-state index is -0.170. The Morgan fingerprint density at radius 2 is 2.05 bits per heavy atom. The Morgan fingerprint density at radius 1 is 1.29 bits per heavy atom. The predicted octanol–water partition coefficient (Wildman–Crippen LogP) is 3.45. The van der Waals surface area contributed by atoms with Gasteiger partial charge in [-0.2, -0.15) is 0 Å². The fourth-order valence-electron chi connectivity index (χ4n) is 1.93. The van der Waals surface area contributed by atoms with Gasteiger partial charge in [0.05, 0.1) is 25.3 Å². The molecule has 2 rings (SSSR count). The van der Waals surface area contributed by atoms with Crippen LogP contribution in [0.2, 0.25) is 0 Å². The van der Waals surface area contributed by atoms with Gasteiger partial charge in [-0.3, -0.25) is 4.79 Å². The molecule has 0 atom stereocenters. The summed E-state index contributed by atoms with van der Waals surface area (Å²) in [5, 5.41) is 2.97. The summed E-state index contributed by atoms with van der Waals surface area (Å²) in [6.07, 6.45) is 1.00. The van der Waals surface area contributed by atoms with Crippen LogP contribution in [-0.2, 0) is 27.3 Å². The molecule has 1 heterocycles. The zero-order valence-corrected chi connectivity index (χ0v) is 13.1. The summed E-state index contributed by atoms with van der Waals surface area (Å²) in [7, 11) is 1.69. The molecule has 0 fully saturated rings. The first-order valence-electron chi connectivity index (χ1n) is 6.91. The van der Waals surface area contributed by atoms with Crippen LogP contribution in [0.5, 0.6) is 0 Å². The Hall–Kier alpha value is -1.72. The lowest BCUT2D eigenvalue weighted by Gasteiger charge is -2.01. The van der Waals surface area contributed by atoms with Crippen LogP contribution in [-0.4, -0.2) is 24.7 Å². The van der Waals surface area contributed by atoms with E-state index in [2.05, 4.69) is 4.98 Å². The molecule has 112 valence electrons. The van der Waals surface area contributed by atoms with Gasteiger partial charge in [-0.15, -0.1) is 11.3 Å². The molecule has 0 aliphatic carbocycles. The normalized spacial score (nSPS) is 10.6. The second-order valence-corrected chi connectivity index (χ2v) is 5.44. The summed E-state index contributed by atoms with van der Waals surface area (Å²) in [4.78, 5) is 15.9. The average Bonchev–Trinajstić information content (AvgIpc) is 2.95. The number of aryl methyl sites for hydroxylation is 1. The summed E-state index contributed by atoms with van der Waals surface area (Å²) < 4.78 is 10.0. The third-order valence-electron chi connectivity index (χ3n) is 2.95. The molecule has 0 radical (unpaired) electrons. The summed E-state index contributed by atoms with van der Waals surface area (Å²) in [6.45, 7) is 2.85. The Bertz CT molecular complexity index is 577. The summed E-state index contributed by atoms with van der Waals surface area (Å²) in [6, 6.07) is 8.17. The lowest BCUT2D eigenvalue weighted by molar-refractivity contribution is -0.143. The number of esters is 1. The van der Waals surface area contributed by atoms with Crippen molar-refractivity contribution in [1.29, 1.82) is 0 Å². The molecule has 0 aliphatic rings. The monoisotopic (exact) mass is 305 g/mol. The Morgan fingerprint density at radius 3 is 2.71 bits per heavy atom. The Balaban J connectivity index is 1.97. The van der Waals surface area contributed by atoms with Gasteiger partial charge in [0, 0.05) is 24.5 Å². The molecule has 0 saturated heterocycles. The van der Waals surface area contributed by atoms with Crippen LogP contribution >= 0.6 is 11.3 Å². The minimum absolute atomic E-state index is 0.170. The molecule has 0 aliphatic heterocycles. The Labute approximate surface area is 128 Å². The van der Waals surface area contributed by atoms with Crippen LogP contribution in [0.15, 0.2) is 29.6 Å². The highest BCUT2D eigenvalue weighted by Gasteiger charge is 2.08. The van der Waals surface area contributed by atoms with E-state index in [1.54, 1.807) is 18.4 Å².